The molecule has 1 fully saturated rings. The highest BCUT2D eigenvalue weighted by Crippen LogP contribution is 2.43. The van der Waals surface area contributed by atoms with E-state index >= 15 is 0 Å². The maximum absolute atomic E-state index is 6.08. The molecule has 1 N–H and O–H groups in total. The minimum atomic E-state index is 0.360. The number of fused-ring (bicyclic) bond motifs is 1. The zero-order valence-corrected chi connectivity index (χ0v) is 13.4. The Labute approximate surface area is 138 Å². The molecule has 3 aromatic rings. The molecule has 0 spiro atoms. The van der Waals surface area contributed by atoms with Crippen molar-refractivity contribution in [3.05, 3.63) is 52.9 Å². The van der Waals surface area contributed by atoms with Crippen LogP contribution in [0.15, 0.2) is 36.7 Å². The van der Waals surface area contributed by atoms with Crippen molar-refractivity contribution < 1.29 is 4.74 Å². The van der Waals surface area contributed by atoms with E-state index in [1.165, 1.54) is 11.9 Å². The van der Waals surface area contributed by atoms with Crippen molar-refractivity contribution in [2.75, 3.05) is 12.4 Å². The summed E-state index contributed by atoms with van der Waals surface area (Å²) in [6, 6.07) is 10.4. The maximum atomic E-state index is 6.08. The summed E-state index contributed by atoms with van der Waals surface area (Å²) in [5, 5.41) is 8.54. The van der Waals surface area contributed by atoms with Crippen molar-refractivity contribution in [1.29, 1.82) is 0 Å². The summed E-state index contributed by atoms with van der Waals surface area (Å²) < 4.78 is 6.88. The van der Waals surface area contributed by atoms with Crippen molar-refractivity contribution in [1.82, 2.24) is 19.6 Å². The van der Waals surface area contributed by atoms with Gasteiger partial charge in [-0.25, -0.2) is 4.98 Å². The van der Waals surface area contributed by atoms with Crippen LogP contribution in [0.4, 0.5) is 5.82 Å². The van der Waals surface area contributed by atoms with Crippen LogP contribution in [0.1, 0.15) is 23.6 Å². The van der Waals surface area contributed by atoms with Crippen LogP contribution in [0.5, 0.6) is 0 Å². The van der Waals surface area contributed by atoms with Gasteiger partial charge < -0.3 is 10.1 Å². The average Bonchev–Trinajstić information content (AvgIpc) is 3.13. The van der Waals surface area contributed by atoms with Crippen LogP contribution in [-0.4, -0.2) is 32.7 Å². The molecule has 6 nitrogen and oxygen atoms in total. The van der Waals surface area contributed by atoms with E-state index in [1.807, 2.05) is 24.3 Å². The van der Waals surface area contributed by atoms with E-state index in [0.29, 0.717) is 24.3 Å². The monoisotopic (exact) mass is 329 g/mol. The third-order valence-electron chi connectivity index (χ3n) is 4.00. The first-order valence-corrected chi connectivity index (χ1v) is 7.83. The molecule has 7 heteroatoms. The van der Waals surface area contributed by atoms with Gasteiger partial charge in [0.15, 0.2) is 0 Å². The third-order valence-corrected chi connectivity index (χ3v) is 4.23. The quantitative estimate of drug-likeness (QED) is 0.779. The van der Waals surface area contributed by atoms with Gasteiger partial charge in [0.05, 0.1) is 12.3 Å². The Bertz CT molecular complexity index is 849. The number of nitrogens with zero attached hydrogens (tertiary/aromatic N) is 4. The van der Waals surface area contributed by atoms with E-state index in [1.54, 1.807) is 11.6 Å². The second kappa shape index (κ2) is 5.79. The molecule has 1 saturated carbocycles. The Balaban J connectivity index is 1.57. The Kier molecular flexibility index (Phi) is 3.63. The van der Waals surface area contributed by atoms with Gasteiger partial charge in [-0.2, -0.15) is 14.6 Å². The summed E-state index contributed by atoms with van der Waals surface area (Å²) in [7, 11) is 1.65. The van der Waals surface area contributed by atoms with Crippen LogP contribution in [0.2, 0.25) is 5.02 Å². The standard InChI is InChI=1S/C16H16ClN5O/c1-23-8-12-6-15(22-16(20-12)18-9-19-22)21-14-7-13(14)10-3-2-4-11(17)5-10/h2-6,9,13-14,21H,7-8H2,1H3. The number of methoxy groups -OCH3 is 1. The number of ether oxygens (including phenoxy) is 1. The largest absolute Gasteiger partial charge is 0.378 e. The zero-order valence-electron chi connectivity index (χ0n) is 12.6. The lowest BCUT2D eigenvalue weighted by molar-refractivity contribution is 0.181. The fourth-order valence-corrected chi connectivity index (χ4v) is 3.03. The molecule has 0 bridgehead atoms. The molecular weight excluding hydrogens is 314 g/mol. The molecule has 1 aliphatic carbocycles. The van der Waals surface area contributed by atoms with E-state index in [-0.39, 0.29) is 0 Å². The molecule has 1 aliphatic rings. The van der Waals surface area contributed by atoms with Gasteiger partial charge in [0, 0.05) is 30.2 Å². The van der Waals surface area contributed by atoms with E-state index < -0.39 is 0 Å². The van der Waals surface area contributed by atoms with E-state index in [4.69, 9.17) is 16.3 Å². The Morgan fingerprint density at radius 1 is 1.39 bits per heavy atom. The maximum Gasteiger partial charge on any atom is 0.254 e. The highest BCUT2D eigenvalue weighted by atomic mass is 35.5. The highest BCUT2D eigenvalue weighted by molar-refractivity contribution is 6.30. The molecule has 0 radical (unpaired) electrons. The van der Waals surface area contributed by atoms with Gasteiger partial charge in [0.1, 0.15) is 12.1 Å². The SMILES string of the molecule is COCc1cc(NC2CC2c2cccc(Cl)c2)n2ncnc2n1. The summed E-state index contributed by atoms with van der Waals surface area (Å²) in [4.78, 5) is 8.58. The summed E-state index contributed by atoms with van der Waals surface area (Å²) in [6.45, 7) is 0.445. The van der Waals surface area contributed by atoms with Crippen LogP contribution in [0, 0.1) is 0 Å². The van der Waals surface area contributed by atoms with Gasteiger partial charge in [-0.15, -0.1) is 0 Å². The van der Waals surface area contributed by atoms with Gasteiger partial charge in [-0.3, -0.25) is 0 Å². The number of rotatable bonds is 5. The molecule has 118 valence electrons. The number of benzene rings is 1. The van der Waals surface area contributed by atoms with Crippen LogP contribution in [0.3, 0.4) is 0 Å². The summed E-state index contributed by atoms with van der Waals surface area (Å²) in [6.07, 6.45) is 2.57. The number of nitrogens with one attached hydrogen (secondary N) is 1. The van der Waals surface area contributed by atoms with Crippen molar-refractivity contribution in [2.45, 2.75) is 25.0 Å². The zero-order chi connectivity index (χ0) is 15.8. The van der Waals surface area contributed by atoms with Gasteiger partial charge in [0.2, 0.25) is 0 Å². The first-order valence-electron chi connectivity index (χ1n) is 7.45. The molecule has 0 aliphatic heterocycles. The lowest BCUT2D eigenvalue weighted by Crippen LogP contribution is -2.11. The lowest BCUT2D eigenvalue weighted by atomic mass is 10.1. The summed E-state index contributed by atoms with van der Waals surface area (Å²) in [5.74, 6) is 1.92. The number of hydrogen-bond donors (Lipinski definition) is 1. The molecule has 2 heterocycles. The highest BCUT2D eigenvalue weighted by Gasteiger charge is 2.39. The smallest absolute Gasteiger partial charge is 0.254 e. The van der Waals surface area contributed by atoms with Crippen LogP contribution >= 0.6 is 11.6 Å². The lowest BCUT2D eigenvalue weighted by Gasteiger charge is -2.09. The Hall–Kier alpha value is -2.18. The van der Waals surface area contributed by atoms with Gasteiger partial charge >= 0.3 is 0 Å². The Morgan fingerprint density at radius 2 is 2.30 bits per heavy atom. The van der Waals surface area contributed by atoms with Crippen molar-refractivity contribution >= 4 is 23.2 Å². The predicted molar refractivity (Wildman–Crippen MR) is 87.7 cm³/mol. The number of aromatic nitrogens is 4. The third kappa shape index (κ3) is 2.87. The summed E-state index contributed by atoms with van der Waals surface area (Å²) >= 11 is 6.08. The van der Waals surface area contributed by atoms with Gasteiger partial charge in [-0.1, -0.05) is 23.7 Å². The molecular formula is C16H16ClN5O. The van der Waals surface area contributed by atoms with Crippen molar-refractivity contribution in [2.24, 2.45) is 0 Å². The second-order valence-corrected chi connectivity index (χ2v) is 6.12. The number of hydrogen-bond acceptors (Lipinski definition) is 5. The van der Waals surface area contributed by atoms with Crippen LogP contribution in [-0.2, 0) is 11.3 Å². The molecule has 4 rings (SSSR count). The molecule has 1 aromatic carbocycles. The van der Waals surface area contributed by atoms with E-state index in [9.17, 15) is 0 Å². The molecule has 0 saturated heterocycles. The molecule has 0 amide bonds. The molecule has 2 aromatic heterocycles. The van der Waals surface area contributed by atoms with Crippen LogP contribution < -0.4 is 5.32 Å². The second-order valence-electron chi connectivity index (χ2n) is 5.69. The van der Waals surface area contributed by atoms with E-state index in [2.05, 4.69) is 26.4 Å². The van der Waals surface area contributed by atoms with E-state index in [0.717, 1.165) is 23.0 Å². The average molecular weight is 330 g/mol. The number of anilines is 1. The Morgan fingerprint density at radius 3 is 3.13 bits per heavy atom. The van der Waals surface area contributed by atoms with Gasteiger partial charge in [0.25, 0.3) is 5.78 Å². The first-order chi connectivity index (χ1) is 11.2. The normalized spacial score (nSPS) is 19.9. The fourth-order valence-electron chi connectivity index (χ4n) is 2.84. The van der Waals surface area contributed by atoms with Crippen molar-refractivity contribution in [3.8, 4) is 0 Å². The fraction of sp³-hybridized carbons (Fsp3) is 0.312. The molecule has 23 heavy (non-hydrogen) atoms. The van der Waals surface area contributed by atoms with Crippen LogP contribution in [0.25, 0.3) is 5.78 Å². The molecule has 2 unspecified atom stereocenters. The minimum Gasteiger partial charge on any atom is -0.378 e. The van der Waals surface area contributed by atoms with Gasteiger partial charge in [-0.05, 0) is 24.1 Å². The predicted octanol–water partition coefficient (Wildman–Crippen LogP) is 2.89. The van der Waals surface area contributed by atoms with Crippen molar-refractivity contribution in [3.63, 3.8) is 0 Å². The topological polar surface area (TPSA) is 64.3 Å². The minimum absolute atomic E-state index is 0.360. The molecule has 2 atom stereocenters. The number of halogens is 1. The summed E-state index contributed by atoms with van der Waals surface area (Å²) in [5.41, 5.74) is 2.09. The first kappa shape index (κ1) is 14.4.